The van der Waals surface area contributed by atoms with E-state index in [0.717, 1.165) is 0 Å². The van der Waals surface area contributed by atoms with Crippen LogP contribution in [0.1, 0.15) is 33.6 Å². The van der Waals surface area contributed by atoms with Crippen LogP contribution in [0.5, 0.6) is 11.5 Å². The lowest BCUT2D eigenvalue weighted by Crippen LogP contribution is -2.53. The lowest BCUT2D eigenvalue weighted by atomic mass is 9.84. The molecule has 2 atom stereocenters. The van der Waals surface area contributed by atoms with Crippen molar-refractivity contribution in [2.24, 2.45) is 11.8 Å². The zero-order valence-electron chi connectivity index (χ0n) is 16.4. The van der Waals surface area contributed by atoms with Gasteiger partial charge in [-0.05, 0) is 25.0 Å². The van der Waals surface area contributed by atoms with Crippen LogP contribution in [0.4, 0.5) is 5.69 Å². The SMILES string of the molecule is CC(C)C(C)(CC(=O)O)NC(=O)C1CC(=O)N(c2ccc3c(c2)OCCO3)C1. The minimum Gasteiger partial charge on any atom is -0.486 e. The van der Waals surface area contributed by atoms with E-state index in [0.29, 0.717) is 30.4 Å². The third-order valence-electron chi connectivity index (χ3n) is 5.53. The number of ether oxygens (including phenoxy) is 2. The van der Waals surface area contributed by atoms with Gasteiger partial charge in [-0.1, -0.05) is 13.8 Å². The van der Waals surface area contributed by atoms with Crippen molar-refractivity contribution in [3.63, 3.8) is 0 Å². The van der Waals surface area contributed by atoms with E-state index in [4.69, 9.17) is 9.47 Å². The molecule has 8 nitrogen and oxygen atoms in total. The molecule has 3 rings (SSSR count). The van der Waals surface area contributed by atoms with Crippen LogP contribution >= 0.6 is 0 Å². The molecule has 0 saturated carbocycles. The Morgan fingerprint density at radius 2 is 1.96 bits per heavy atom. The van der Waals surface area contributed by atoms with E-state index in [1.165, 1.54) is 0 Å². The van der Waals surface area contributed by atoms with Gasteiger partial charge < -0.3 is 24.8 Å². The summed E-state index contributed by atoms with van der Waals surface area (Å²) in [7, 11) is 0. The molecule has 152 valence electrons. The van der Waals surface area contributed by atoms with Crippen molar-refractivity contribution in [2.75, 3.05) is 24.7 Å². The average Bonchev–Trinajstić information content (AvgIpc) is 3.02. The second-order valence-electron chi connectivity index (χ2n) is 7.87. The number of aliphatic carboxylic acids is 1. The summed E-state index contributed by atoms with van der Waals surface area (Å²) in [5, 5.41) is 12.0. The van der Waals surface area contributed by atoms with Gasteiger partial charge in [0, 0.05) is 30.3 Å². The van der Waals surface area contributed by atoms with Gasteiger partial charge in [0.15, 0.2) is 11.5 Å². The second kappa shape index (κ2) is 7.69. The van der Waals surface area contributed by atoms with Gasteiger partial charge in [-0.15, -0.1) is 0 Å². The van der Waals surface area contributed by atoms with Gasteiger partial charge in [-0.3, -0.25) is 14.4 Å². The largest absolute Gasteiger partial charge is 0.486 e. The molecule has 8 heteroatoms. The summed E-state index contributed by atoms with van der Waals surface area (Å²) in [6.07, 6.45) is -0.0928. The molecule has 1 aromatic carbocycles. The minimum atomic E-state index is -0.975. The van der Waals surface area contributed by atoms with E-state index in [-0.39, 0.29) is 37.1 Å². The van der Waals surface area contributed by atoms with Crippen LogP contribution in [0.2, 0.25) is 0 Å². The molecule has 0 aliphatic carbocycles. The molecule has 2 N–H and O–H groups in total. The summed E-state index contributed by atoms with van der Waals surface area (Å²) < 4.78 is 11.1. The minimum absolute atomic E-state index is 0.0708. The molecular formula is C20H26N2O6. The molecule has 1 aromatic rings. The number of carboxylic acids is 1. The molecule has 1 fully saturated rings. The predicted octanol–water partition coefficient (Wildman–Crippen LogP) is 1.82. The number of anilines is 1. The lowest BCUT2D eigenvalue weighted by molar-refractivity contribution is -0.140. The number of carboxylic acid groups (broad SMARTS) is 1. The Kier molecular flexibility index (Phi) is 5.49. The van der Waals surface area contributed by atoms with Gasteiger partial charge in [0.2, 0.25) is 11.8 Å². The number of carbonyl (C=O) groups is 3. The van der Waals surface area contributed by atoms with Crippen LogP contribution in [0.15, 0.2) is 18.2 Å². The predicted molar refractivity (Wildman–Crippen MR) is 102 cm³/mol. The smallest absolute Gasteiger partial charge is 0.305 e. The highest BCUT2D eigenvalue weighted by molar-refractivity contribution is 6.00. The third kappa shape index (κ3) is 4.05. The number of fused-ring (bicyclic) bond motifs is 1. The van der Waals surface area contributed by atoms with Gasteiger partial charge in [-0.2, -0.15) is 0 Å². The van der Waals surface area contributed by atoms with E-state index in [2.05, 4.69) is 5.32 Å². The standard InChI is InChI=1S/C20H26N2O6/c1-12(2)20(3,10-18(24)25)21-19(26)13-8-17(23)22(11-13)14-4-5-15-16(9-14)28-7-6-27-15/h4-5,9,12-13H,6-8,10-11H2,1-3H3,(H,21,26)(H,24,25). The summed E-state index contributed by atoms with van der Waals surface area (Å²) in [5.41, 5.74) is -0.224. The summed E-state index contributed by atoms with van der Waals surface area (Å²) >= 11 is 0. The van der Waals surface area contributed by atoms with Crippen molar-refractivity contribution in [1.29, 1.82) is 0 Å². The van der Waals surface area contributed by atoms with Crippen LogP contribution in [0.3, 0.4) is 0 Å². The zero-order chi connectivity index (χ0) is 20.5. The fraction of sp³-hybridized carbons (Fsp3) is 0.550. The van der Waals surface area contributed by atoms with Crippen LogP contribution in [0.25, 0.3) is 0 Å². The lowest BCUT2D eigenvalue weighted by Gasteiger charge is -2.34. The Bertz CT molecular complexity index is 793. The van der Waals surface area contributed by atoms with Crippen molar-refractivity contribution in [2.45, 2.75) is 39.2 Å². The van der Waals surface area contributed by atoms with Crippen molar-refractivity contribution in [3.05, 3.63) is 18.2 Å². The molecule has 0 bridgehead atoms. The van der Waals surface area contributed by atoms with Crippen molar-refractivity contribution in [1.82, 2.24) is 5.32 Å². The first-order chi connectivity index (χ1) is 13.2. The van der Waals surface area contributed by atoms with E-state index < -0.39 is 17.4 Å². The van der Waals surface area contributed by atoms with Gasteiger partial charge in [0.1, 0.15) is 13.2 Å². The fourth-order valence-corrected chi connectivity index (χ4v) is 3.42. The zero-order valence-corrected chi connectivity index (χ0v) is 16.4. The van der Waals surface area contributed by atoms with Crippen molar-refractivity contribution < 1.29 is 29.0 Å². The summed E-state index contributed by atoms with van der Waals surface area (Å²) in [6, 6.07) is 5.27. The highest BCUT2D eigenvalue weighted by Crippen LogP contribution is 2.36. The maximum absolute atomic E-state index is 12.8. The van der Waals surface area contributed by atoms with Gasteiger partial charge in [0.05, 0.1) is 12.3 Å². The number of carbonyl (C=O) groups excluding carboxylic acids is 2. The molecule has 0 aromatic heterocycles. The fourth-order valence-electron chi connectivity index (χ4n) is 3.42. The molecule has 2 aliphatic heterocycles. The maximum atomic E-state index is 12.8. The monoisotopic (exact) mass is 390 g/mol. The highest BCUT2D eigenvalue weighted by Gasteiger charge is 2.40. The number of nitrogens with zero attached hydrogens (tertiary/aromatic N) is 1. The van der Waals surface area contributed by atoms with E-state index in [1.54, 1.807) is 30.0 Å². The molecular weight excluding hydrogens is 364 g/mol. The third-order valence-corrected chi connectivity index (χ3v) is 5.53. The Hall–Kier alpha value is -2.77. The second-order valence-corrected chi connectivity index (χ2v) is 7.87. The molecule has 2 heterocycles. The molecule has 0 spiro atoms. The number of benzene rings is 1. The first kappa shape index (κ1) is 20.0. The summed E-state index contributed by atoms with van der Waals surface area (Å²) in [5.74, 6) is -0.814. The number of amides is 2. The van der Waals surface area contributed by atoms with E-state index in [1.807, 2.05) is 13.8 Å². The Morgan fingerprint density at radius 1 is 1.29 bits per heavy atom. The number of hydrogen-bond acceptors (Lipinski definition) is 5. The van der Waals surface area contributed by atoms with E-state index >= 15 is 0 Å². The highest BCUT2D eigenvalue weighted by atomic mass is 16.6. The van der Waals surface area contributed by atoms with Gasteiger partial charge in [-0.25, -0.2) is 0 Å². The Morgan fingerprint density at radius 3 is 2.61 bits per heavy atom. The quantitative estimate of drug-likeness (QED) is 0.768. The van der Waals surface area contributed by atoms with Gasteiger partial charge >= 0.3 is 5.97 Å². The molecule has 1 saturated heterocycles. The first-order valence-electron chi connectivity index (χ1n) is 9.43. The van der Waals surface area contributed by atoms with Crippen LogP contribution < -0.4 is 19.7 Å². The maximum Gasteiger partial charge on any atom is 0.305 e. The number of nitrogens with one attached hydrogen (secondary N) is 1. The normalized spacial score (nSPS) is 20.8. The van der Waals surface area contributed by atoms with Crippen molar-refractivity contribution in [3.8, 4) is 11.5 Å². The molecule has 2 unspecified atom stereocenters. The average molecular weight is 390 g/mol. The molecule has 2 amide bonds. The summed E-state index contributed by atoms with van der Waals surface area (Å²) in [4.78, 5) is 38.0. The molecule has 0 radical (unpaired) electrons. The van der Waals surface area contributed by atoms with Gasteiger partial charge in [0.25, 0.3) is 0 Å². The Labute approximate surface area is 163 Å². The van der Waals surface area contributed by atoms with Crippen LogP contribution in [0, 0.1) is 11.8 Å². The number of rotatable bonds is 6. The molecule has 2 aliphatic rings. The van der Waals surface area contributed by atoms with Crippen LogP contribution in [-0.2, 0) is 14.4 Å². The van der Waals surface area contributed by atoms with Crippen molar-refractivity contribution >= 4 is 23.5 Å². The number of hydrogen-bond donors (Lipinski definition) is 2. The Balaban J connectivity index is 1.71. The summed E-state index contributed by atoms with van der Waals surface area (Å²) in [6.45, 7) is 6.63. The first-order valence-corrected chi connectivity index (χ1v) is 9.43. The van der Waals surface area contributed by atoms with Crippen LogP contribution in [-0.4, -0.2) is 48.2 Å². The topological polar surface area (TPSA) is 105 Å². The molecule has 28 heavy (non-hydrogen) atoms. The van der Waals surface area contributed by atoms with E-state index in [9.17, 15) is 19.5 Å².